The van der Waals surface area contributed by atoms with E-state index in [0.717, 1.165) is 36.3 Å². The first-order valence-electron chi connectivity index (χ1n) is 8.35. The Hall–Kier alpha value is -2.83. The number of unbranched alkanes of at least 4 members (excludes halogenated alkanes) is 1. The number of anilines is 1. The first-order chi connectivity index (χ1) is 12.0. The van der Waals surface area contributed by atoms with Gasteiger partial charge in [0, 0.05) is 36.8 Å². The topological polar surface area (TPSA) is 106 Å². The molecule has 0 spiro atoms. The summed E-state index contributed by atoms with van der Waals surface area (Å²) in [4.78, 5) is 22.4. The Morgan fingerprint density at radius 1 is 1.32 bits per heavy atom. The summed E-state index contributed by atoms with van der Waals surface area (Å²) in [6.45, 7) is 2.82. The van der Waals surface area contributed by atoms with Gasteiger partial charge in [0.1, 0.15) is 0 Å². The molecular weight excluding hydrogens is 320 g/mol. The first-order valence-corrected chi connectivity index (χ1v) is 8.35. The van der Waals surface area contributed by atoms with Gasteiger partial charge in [-0.2, -0.15) is 5.10 Å². The molecule has 1 aromatic carbocycles. The van der Waals surface area contributed by atoms with Crippen LogP contribution in [0.4, 0.5) is 5.69 Å². The van der Waals surface area contributed by atoms with E-state index in [2.05, 4.69) is 15.8 Å². The molecule has 0 saturated heterocycles. The number of carbonyl (C=O) groups excluding carboxylic acids is 2. The molecule has 1 aliphatic rings. The van der Waals surface area contributed by atoms with Crippen molar-refractivity contribution >= 4 is 23.3 Å². The number of hydrogen-bond donors (Lipinski definition) is 3. The van der Waals surface area contributed by atoms with Crippen molar-refractivity contribution < 1.29 is 14.3 Å². The zero-order chi connectivity index (χ0) is 18.1. The summed E-state index contributed by atoms with van der Waals surface area (Å²) >= 11 is 0. The molecule has 2 rings (SSSR count). The standard InChI is InChI=1S/C18H24N4O3/c1-13(19)12-18(24)25-11-3-2-10-20-15-6-4-14(5-7-15)16-8-9-17(23)22-21-16/h4-7,12,20H,2-3,8-11,19H2,1H3,(H,22,23)/b13-12-. The van der Waals surface area contributed by atoms with E-state index in [9.17, 15) is 9.59 Å². The summed E-state index contributed by atoms with van der Waals surface area (Å²) in [6, 6.07) is 7.95. The number of nitrogens with zero attached hydrogens (tertiary/aromatic N) is 1. The third-order valence-corrected chi connectivity index (χ3v) is 3.61. The van der Waals surface area contributed by atoms with E-state index in [0.29, 0.717) is 25.1 Å². The number of amides is 1. The highest BCUT2D eigenvalue weighted by Crippen LogP contribution is 2.14. The van der Waals surface area contributed by atoms with Gasteiger partial charge in [-0.1, -0.05) is 12.1 Å². The van der Waals surface area contributed by atoms with Crippen LogP contribution < -0.4 is 16.5 Å². The lowest BCUT2D eigenvalue weighted by Gasteiger charge is -2.13. The number of nitrogens with one attached hydrogen (secondary N) is 2. The molecule has 134 valence electrons. The van der Waals surface area contributed by atoms with Crippen LogP contribution in [0.15, 0.2) is 41.1 Å². The molecule has 1 amide bonds. The molecular formula is C18H24N4O3. The van der Waals surface area contributed by atoms with E-state index in [4.69, 9.17) is 10.5 Å². The van der Waals surface area contributed by atoms with Crippen molar-refractivity contribution in [3.05, 3.63) is 41.6 Å². The molecule has 25 heavy (non-hydrogen) atoms. The highest BCUT2D eigenvalue weighted by atomic mass is 16.5. The van der Waals surface area contributed by atoms with Crippen LogP contribution in [0.3, 0.4) is 0 Å². The molecule has 1 aromatic rings. The van der Waals surface area contributed by atoms with E-state index < -0.39 is 5.97 Å². The maximum absolute atomic E-state index is 11.3. The highest BCUT2D eigenvalue weighted by Gasteiger charge is 2.12. The fraction of sp³-hybridized carbons (Fsp3) is 0.389. The number of esters is 1. The quantitative estimate of drug-likeness (QED) is 0.379. The van der Waals surface area contributed by atoms with Crippen LogP contribution in [0.2, 0.25) is 0 Å². The minimum atomic E-state index is -0.398. The Balaban J connectivity index is 1.66. The zero-order valence-electron chi connectivity index (χ0n) is 14.4. The molecule has 0 radical (unpaired) electrons. The van der Waals surface area contributed by atoms with Gasteiger partial charge in [-0.3, -0.25) is 4.79 Å². The molecule has 0 bridgehead atoms. The van der Waals surface area contributed by atoms with Gasteiger partial charge in [-0.05, 0) is 37.5 Å². The lowest BCUT2D eigenvalue weighted by molar-refractivity contribution is -0.137. The number of hydrogen-bond acceptors (Lipinski definition) is 6. The summed E-state index contributed by atoms with van der Waals surface area (Å²) in [6.07, 6.45) is 4.09. The Kier molecular flexibility index (Phi) is 7.00. The largest absolute Gasteiger partial charge is 0.462 e. The Morgan fingerprint density at radius 3 is 2.72 bits per heavy atom. The van der Waals surface area contributed by atoms with Crippen LogP contribution in [0.25, 0.3) is 0 Å². The minimum Gasteiger partial charge on any atom is -0.462 e. The second kappa shape index (κ2) is 9.46. The van der Waals surface area contributed by atoms with E-state index in [1.165, 1.54) is 6.08 Å². The zero-order valence-corrected chi connectivity index (χ0v) is 14.4. The molecule has 1 aliphatic heterocycles. The second-order valence-corrected chi connectivity index (χ2v) is 5.86. The van der Waals surface area contributed by atoms with E-state index in [-0.39, 0.29) is 5.91 Å². The maximum atomic E-state index is 11.3. The van der Waals surface area contributed by atoms with E-state index in [1.807, 2.05) is 24.3 Å². The summed E-state index contributed by atoms with van der Waals surface area (Å²) in [7, 11) is 0. The number of benzene rings is 1. The smallest absolute Gasteiger partial charge is 0.332 e. The van der Waals surface area contributed by atoms with E-state index >= 15 is 0 Å². The van der Waals surface area contributed by atoms with Crippen molar-refractivity contribution in [2.45, 2.75) is 32.6 Å². The monoisotopic (exact) mass is 344 g/mol. The second-order valence-electron chi connectivity index (χ2n) is 5.86. The van der Waals surface area contributed by atoms with Gasteiger partial charge in [0.05, 0.1) is 12.3 Å². The summed E-state index contributed by atoms with van der Waals surface area (Å²) in [5.41, 5.74) is 11.3. The van der Waals surface area contributed by atoms with Crippen LogP contribution in [0.5, 0.6) is 0 Å². The predicted molar refractivity (Wildman–Crippen MR) is 97.0 cm³/mol. The third kappa shape index (κ3) is 6.66. The molecule has 1 heterocycles. The molecule has 0 aromatic heterocycles. The fourth-order valence-corrected chi connectivity index (χ4v) is 2.32. The normalized spacial score (nSPS) is 14.5. The van der Waals surface area contributed by atoms with Gasteiger partial charge in [-0.15, -0.1) is 0 Å². The van der Waals surface area contributed by atoms with Crippen molar-refractivity contribution in [1.29, 1.82) is 0 Å². The molecule has 0 saturated carbocycles. The molecule has 0 fully saturated rings. The number of nitrogens with two attached hydrogens (primary N) is 1. The SMILES string of the molecule is C/C(N)=C/C(=O)OCCCCNc1ccc(C2=NNC(=O)CC2)cc1. The number of carbonyl (C=O) groups is 2. The van der Waals surface area contributed by atoms with Crippen molar-refractivity contribution in [2.24, 2.45) is 10.8 Å². The number of rotatable bonds is 8. The summed E-state index contributed by atoms with van der Waals surface area (Å²) in [5, 5.41) is 7.40. The summed E-state index contributed by atoms with van der Waals surface area (Å²) in [5.74, 6) is -0.438. The molecule has 0 atom stereocenters. The maximum Gasteiger partial charge on any atom is 0.332 e. The van der Waals surface area contributed by atoms with Crippen molar-refractivity contribution in [1.82, 2.24) is 5.43 Å². The van der Waals surface area contributed by atoms with Crippen LogP contribution in [0.1, 0.15) is 38.2 Å². The van der Waals surface area contributed by atoms with Gasteiger partial charge in [-0.25, -0.2) is 10.2 Å². The van der Waals surface area contributed by atoms with Gasteiger partial charge >= 0.3 is 5.97 Å². The van der Waals surface area contributed by atoms with Crippen LogP contribution >= 0.6 is 0 Å². The molecule has 7 nitrogen and oxygen atoms in total. The van der Waals surface area contributed by atoms with Crippen molar-refractivity contribution in [2.75, 3.05) is 18.5 Å². The molecule has 0 unspecified atom stereocenters. The molecule has 4 N–H and O–H groups in total. The highest BCUT2D eigenvalue weighted by molar-refractivity contribution is 6.04. The van der Waals surface area contributed by atoms with Crippen LogP contribution in [-0.2, 0) is 14.3 Å². The first kappa shape index (κ1) is 18.5. The van der Waals surface area contributed by atoms with Crippen molar-refractivity contribution in [3.8, 4) is 0 Å². The van der Waals surface area contributed by atoms with Gasteiger partial charge in [0.15, 0.2) is 0 Å². The Bertz CT molecular complexity index is 661. The molecule has 7 heteroatoms. The summed E-state index contributed by atoms with van der Waals surface area (Å²) < 4.78 is 5.03. The average Bonchev–Trinajstić information content (AvgIpc) is 2.58. The minimum absolute atomic E-state index is 0.0399. The van der Waals surface area contributed by atoms with Crippen LogP contribution in [-0.4, -0.2) is 30.7 Å². The average molecular weight is 344 g/mol. The predicted octanol–water partition coefficient (Wildman–Crippen LogP) is 1.90. The Morgan fingerprint density at radius 2 is 2.08 bits per heavy atom. The lowest BCUT2D eigenvalue weighted by Crippen LogP contribution is -2.25. The van der Waals surface area contributed by atoms with Crippen molar-refractivity contribution in [3.63, 3.8) is 0 Å². The number of hydrazone groups is 1. The van der Waals surface area contributed by atoms with Gasteiger partial charge < -0.3 is 15.8 Å². The molecule has 0 aliphatic carbocycles. The number of allylic oxidation sites excluding steroid dienone is 1. The fourth-order valence-electron chi connectivity index (χ4n) is 2.32. The Labute approximate surface area is 147 Å². The van der Waals surface area contributed by atoms with Gasteiger partial charge in [0.2, 0.25) is 5.91 Å². The van der Waals surface area contributed by atoms with E-state index in [1.54, 1.807) is 6.92 Å². The van der Waals surface area contributed by atoms with Gasteiger partial charge in [0.25, 0.3) is 0 Å². The third-order valence-electron chi connectivity index (χ3n) is 3.61. The number of ether oxygens (including phenoxy) is 1. The van der Waals surface area contributed by atoms with Crippen LogP contribution in [0, 0.1) is 0 Å². The lowest BCUT2D eigenvalue weighted by atomic mass is 10.0.